The molecule has 2 aliphatic carbocycles. The van der Waals surface area contributed by atoms with Crippen LogP contribution in [0.25, 0.3) is 0 Å². The number of likely N-dealkylation sites (tertiary alicyclic amines) is 2. The molecule has 1 aromatic carbocycles. The lowest BCUT2D eigenvalue weighted by atomic mass is 9.56. The van der Waals surface area contributed by atoms with E-state index in [0.717, 1.165) is 38.6 Å². The number of carbonyl (C=O) groups is 2. The first kappa shape index (κ1) is 30.6. The normalized spacial score (nSPS) is 34.1. The molecule has 2 saturated carbocycles. The number of benzene rings is 1. The van der Waals surface area contributed by atoms with Crippen molar-refractivity contribution in [2.24, 2.45) is 29.6 Å². The predicted molar refractivity (Wildman–Crippen MR) is 165 cm³/mol. The molecule has 5 nitrogen and oxygen atoms in total. The molecule has 0 bridgehead atoms. The molecule has 5 heteroatoms. The summed E-state index contributed by atoms with van der Waals surface area (Å²) < 4.78 is 0. The number of amides is 2. The predicted octanol–water partition coefficient (Wildman–Crippen LogP) is 6.97. The Bertz CT molecular complexity index is 1020. The van der Waals surface area contributed by atoms with E-state index in [0.29, 0.717) is 37.3 Å². The third-order valence-corrected chi connectivity index (χ3v) is 12.3. The topological polar surface area (TPSA) is 60.9 Å². The molecule has 2 saturated heterocycles. The summed E-state index contributed by atoms with van der Waals surface area (Å²) >= 11 is 0. The third kappa shape index (κ3) is 6.12. The molecule has 1 spiro atoms. The molecular weight excluding hydrogens is 508 g/mol. The van der Waals surface area contributed by atoms with Crippen molar-refractivity contribution in [2.75, 3.05) is 19.6 Å². The van der Waals surface area contributed by atoms with E-state index in [4.69, 9.17) is 0 Å². The monoisotopic (exact) mass is 564 g/mol. The SMILES string of the molecule is CCCC(C)C1(c2ccccc2)CCC2(CCC(C(C)CCC(=O)N3C[C@@H](O)[C@@H](C)C3)C(=O)N2CC2CCC2)CC1. The number of piperidine rings is 1. The van der Waals surface area contributed by atoms with E-state index in [1.165, 1.54) is 50.5 Å². The maximum Gasteiger partial charge on any atom is 0.226 e. The summed E-state index contributed by atoms with van der Waals surface area (Å²) in [5.41, 5.74) is 1.71. The van der Waals surface area contributed by atoms with Gasteiger partial charge in [0.15, 0.2) is 0 Å². The van der Waals surface area contributed by atoms with Crippen LogP contribution in [0.5, 0.6) is 0 Å². The lowest BCUT2D eigenvalue weighted by Crippen LogP contribution is -2.62. The Morgan fingerprint density at radius 3 is 2.29 bits per heavy atom. The Hall–Kier alpha value is -1.88. The first-order valence-electron chi connectivity index (χ1n) is 17.0. The second-order valence-corrected chi connectivity index (χ2v) is 14.7. The van der Waals surface area contributed by atoms with Crippen LogP contribution in [0.3, 0.4) is 0 Å². The van der Waals surface area contributed by atoms with Gasteiger partial charge in [-0.05, 0) is 86.5 Å². The lowest BCUT2D eigenvalue weighted by molar-refractivity contribution is -0.156. The molecule has 4 aliphatic rings. The van der Waals surface area contributed by atoms with E-state index in [-0.39, 0.29) is 34.6 Å². The Morgan fingerprint density at radius 1 is 1.00 bits per heavy atom. The smallest absolute Gasteiger partial charge is 0.226 e. The maximum absolute atomic E-state index is 14.4. The quantitative estimate of drug-likeness (QED) is 0.334. The average Bonchev–Trinajstić information content (AvgIpc) is 3.29. The average molecular weight is 565 g/mol. The molecule has 1 N–H and O–H groups in total. The molecule has 0 aromatic heterocycles. The molecule has 3 unspecified atom stereocenters. The number of aliphatic hydroxyl groups is 1. The number of rotatable bonds is 10. The largest absolute Gasteiger partial charge is 0.391 e. The van der Waals surface area contributed by atoms with Gasteiger partial charge in [-0.2, -0.15) is 0 Å². The van der Waals surface area contributed by atoms with Crippen LogP contribution in [0.4, 0.5) is 0 Å². The Morgan fingerprint density at radius 2 is 1.71 bits per heavy atom. The molecule has 5 rings (SSSR count). The van der Waals surface area contributed by atoms with E-state index in [1.807, 2.05) is 11.8 Å². The minimum absolute atomic E-state index is 0.00472. The molecule has 228 valence electrons. The van der Waals surface area contributed by atoms with Crippen molar-refractivity contribution in [3.8, 4) is 0 Å². The van der Waals surface area contributed by atoms with Gasteiger partial charge in [0.1, 0.15) is 0 Å². The summed E-state index contributed by atoms with van der Waals surface area (Å²) in [5, 5.41) is 10.1. The highest BCUT2D eigenvalue weighted by Gasteiger charge is 2.53. The maximum atomic E-state index is 14.4. The Balaban J connectivity index is 1.29. The molecule has 0 radical (unpaired) electrons. The summed E-state index contributed by atoms with van der Waals surface area (Å²) in [4.78, 5) is 31.5. The molecule has 1 aromatic rings. The van der Waals surface area contributed by atoms with Crippen molar-refractivity contribution in [3.05, 3.63) is 35.9 Å². The lowest BCUT2D eigenvalue weighted by Gasteiger charge is -2.58. The van der Waals surface area contributed by atoms with Gasteiger partial charge in [-0.1, -0.05) is 77.3 Å². The van der Waals surface area contributed by atoms with Crippen molar-refractivity contribution in [1.82, 2.24) is 9.80 Å². The van der Waals surface area contributed by atoms with Crippen LogP contribution >= 0.6 is 0 Å². The number of carbonyl (C=O) groups excluding carboxylic acids is 2. The number of hydrogen-bond donors (Lipinski definition) is 1. The van der Waals surface area contributed by atoms with Crippen molar-refractivity contribution in [2.45, 2.75) is 128 Å². The third-order valence-electron chi connectivity index (χ3n) is 12.3. The van der Waals surface area contributed by atoms with Gasteiger partial charge >= 0.3 is 0 Å². The van der Waals surface area contributed by atoms with Gasteiger partial charge in [-0.3, -0.25) is 9.59 Å². The summed E-state index contributed by atoms with van der Waals surface area (Å²) in [6.07, 6.45) is 13.7. The van der Waals surface area contributed by atoms with Gasteiger partial charge in [0.05, 0.1) is 6.10 Å². The zero-order valence-electron chi connectivity index (χ0n) is 26.3. The molecular formula is C36H56N2O3. The van der Waals surface area contributed by atoms with Crippen molar-refractivity contribution < 1.29 is 14.7 Å². The van der Waals surface area contributed by atoms with Crippen molar-refractivity contribution in [3.63, 3.8) is 0 Å². The van der Waals surface area contributed by atoms with Crippen molar-refractivity contribution >= 4 is 11.8 Å². The number of hydrogen-bond acceptors (Lipinski definition) is 3. The molecule has 5 atom stereocenters. The van der Waals surface area contributed by atoms with E-state index in [1.54, 1.807) is 0 Å². The fourth-order valence-electron chi connectivity index (χ4n) is 8.95. The van der Waals surface area contributed by atoms with Crippen molar-refractivity contribution in [1.29, 1.82) is 0 Å². The fourth-order valence-corrected chi connectivity index (χ4v) is 8.95. The van der Waals surface area contributed by atoms with Gasteiger partial charge in [0.2, 0.25) is 11.8 Å². The Labute approximate surface area is 249 Å². The standard InChI is InChI=1S/C36H56N2O3/c1-5-10-28(4)36(30-13-7-6-8-14-30)21-19-35(20-22-36)18-17-31(34(41)38(35)24-29-11-9-12-29)26(2)15-16-33(40)37-23-27(3)32(39)25-37/h6-8,13-14,26-29,31-32,39H,5,9-12,15-25H2,1-4H3/t26?,27-,28?,31?,32+,35?,36?/m0/s1. The van der Waals surface area contributed by atoms with Gasteiger partial charge in [0, 0.05) is 43.4 Å². The van der Waals surface area contributed by atoms with Gasteiger partial charge in [-0.25, -0.2) is 0 Å². The van der Waals surface area contributed by atoms with Gasteiger partial charge in [-0.15, -0.1) is 0 Å². The first-order chi connectivity index (χ1) is 19.7. The fraction of sp³-hybridized carbons (Fsp3) is 0.778. The van der Waals surface area contributed by atoms with Crippen LogP contribution in [0.2, 0.25) is 0 Å². The van der Waals surface area contributed by atoms with Gasteiger partial charge in [0.25, 0.3) is 0 Å². The van der Waals surface area contributed by atoms with Crippen LogP contribution in [0.15, 0.2) is 30.3 Å². The van der Waals surface area contributed by atoms with E-state index in [2.05, 4.69) is 56.0 Å². The molecule has 41 heavy (non-hydrogen) atoms. The number of β-amino-alcohol motifs (C(OH)–C–C–N with tert-alkyl or cyclic N) is 1. The highest BCUT2D eigenvalue weighted by Crippen LogP contribution is 2.54. The molecule has 4 fully saturated rings. The van der Waals surface area contributed by atoms with Gasteiger partial charge < -0.3 is 14.9 Å². The van der Waals surface area contributed by atoms with Crippen LogP contribution in [0, 0.1) is 29.6 Å². The summed E-state index contributed by atoms with van der Waals surface area (Å²) in [7, 11) is 0. The molecule has 2 aliphatic heterocycles. The summed E-state index contributed by atoms with van der Waals surface area (Å²) in [6.45, 7) is 11.0. The summed E-state index contributed by atoms with van der Waals surface area (Å²) in [6, 6.07) is 11.2. The first-order valence-corrected chi connectivity index (χ1v) is 17.0. The Kier molecular flexibility index (Phi) is 9.53. The van der Waals surface area contributed by atoms with Crippen LogP contribution in [0.1, 0.15) is 117 Å². The van der Waals surface area contributed by atoms with Crippen LogP contribution in [-0.4, -0.2) is 58.0 Å². The highest BCUT2D eigenvalue weighted by atomic mass is 16.3. The number of nitrogens with zero attached hydrogens (tertiary/aromatic N) is 2. The van der Waals surface area contributed by atoms with Crippen LogP contribution in [-0.2, 0) is 15.0 Å². The molecule has 2 heterocycles. The minimum Gasteiger partial charge on any atom is -0.391 e. The second-order valence-electron chi connectivity index (χ2n) is 14.7. The van der Waals surface area contributed by atoms with E-state index < -0.39 is 6.10 Å². The highest BCUT2D eigenvalue weighted by molar-refractivity contribution is 5.81. The van der Waals surface area contributed by atoms with E-state index >= 15 is 0 Å². The number of aliphatic hydroxyl groups excluding tert-OH is 1. The van der Waals surface area contributed by atoms with E-state index in [9.17, 15) is 14.7 Å². The second kappa shape index (κ2) is 12.8. The summed E-state index contributed by atoms with van der Waals surface area (Å²) in [5.74, 6) is 2.19. The zero-order valence-corrected chi connectivity index (χ0v) is 26.3. The minimum atomic E-state index is -0.409. The van der Waals surface area contributed by atoms with Crippen LogP contribution < -0.4 is 0 Å². The zero-order chi connectivity index (χ0) is 29.2. The molecule has 2 amide bonds.